The summed E-state index contributed by atoms with van der Waals surface area (Å²) >= 11 is 0. The summed E-state index contributed by atoms with van der Waals surface area (Å²) in [6, 6.07) is 2.78. The fraction of sp³-hybridized carbons (Fsp3) is 0.577. The number of anilines is 1. The van der Waals surface area contributed by atoms with Gasteiger partial charge in [0.2, 0.25) is 11.7 Å². The smallest absolute Gasteiger partial charge is 0.230 e. The zero-order chi connectivity index (χ0) is 26.8. The van der Waals surface area contributed by atoms with Crippen LogP contribution in [0, 0.1) is 17.8 Å². The van der Waals surface area contributed by atoms with E-state index < -0.39 is 58.7 Å². The Hall–Kier alpha value is -2.99. The van der Waals surface area contributed by atoms with Crippen LogP contribution in [0.3, 0.4) is 0 Å². The number of nitrogens with two attached hydrogens (primary N) is 1. The quantitative estimate of drug-likeness (QED) is 0.200. The topological polar surface area (TPSA) is 185 Å². The van der Waals surface area contributed by atoms with Crippen molar-refractivity contribution in [2.75, 3.05) is 32.5 Å². The van der Waals surface area contributed by atoms with Crippen LogP contribution >= 0.6 is 0 Å². The van der Waals surface area contributed by atoms with Crippen LogP contribution in [-0.4, -0.2) is 93.8 Å². The Morgan fingerprint density at radius 2 is 1.86 bits per heavy atom. The van der Waals surface area contributed by atoms with Crippen LogP contribution in [0.5, 0.6) is 5.75 Å². The molecular weight excluding hydrogens is 480 g/mol. The molecule has 1 heterocycles. The van der Waals surface area contributed by atoms with E-state index in [-0.39, 0.29) is 35.8 Å². The maximum Gasteiger partial charge on any atom is 0.230 e. The van der Waals surface area contributed by atoms with Gasteiger partial charge in [0, 0.05) is 23.6 Å². The number of hydrogen-bond acceptors (Lipinski definition) is 10. The Morgan fingerprint density at radius 3 is 2.49 bits per heavy atom. The van der Waals surface area contributed by atoms with Crippen molar-refractivity contribution in [1.29, 1.82) is 0 Å². The number of nitrogens with one attached hydrogen (secondary N) is 2. The number of carbonyl (C=O) groups is 3. The molecule has 3 fully saturated rings. The van der Waals surface area contributed by atoms with Crippen LogP contribution in [0.1, 0.15) is 30.4 Å². The normalized spacial score (nSPS) is 34.1. The highest BCUT2D eigenvalue weighted by Gasteiger charge is 2.67. The van der Waals surface area contributed by atoms with Gasteiger partial charge in [-0.1, -0.05) is 6.07 Å². The molecule has 1 saturated heterocycles. The van der Waals surface area contributed by atoms with Gasteiger partial charge in [-0.25, -0.2) is 0 Å². The summed E-state index contributed by atoms with van der Waals surface area (Å²) in [5.74, 6) is -7.34. The molecular formula is C26H34N4O7. The Kier molecular flexibility index (Phi) is 6.30. The molecule has 4 aliphatic rings. The van der Waals surface area contributed by atoms with E-state index in [9.17, 15) is 34.8 Å². The minimum Gasteiger partial charge on any atom is -0.507 e. The summed E-state index contributed by atoms with van der Waals surface area (Å²) in [5, 5.41) is 51.6. The zero-order valence-corrected chi connectivity index (χ0v) is 20.9. The second kappa shape index (κ2) is 9.09. The third-order valence-electron chi connectivity index (χ3n) is 8.66. The third-order valence-corrected chi connectivity index (χ3v) is 8.66. The number of aliphatic hydroxyl groups excluding tert-OH is 2. The Morgan fingerprint density at radius 1 is 1.19 bits per heavy atom. The molecule has 37 heavy (non-hydrogen) atoms. The zero-order valence-electron chi connectivity index (χ0n) is 20.9. The van der Waals surface area contributed by atoms with Gasteiger partial charge >= 0.3 is 0 Å². The van der Waals surface area contributed by atoms with E-state index in [4.69, 9.17) is 5.73 Å². The lowest BCUT2D eigenvalue weighted by molar-refractivity contribution is -0.184. The monoisotopic (exact) mass is 514 g/mol. The number of rotatable bonds is 4. The number of likely N-dealkylation sites (N-methyl/N-ethyl adjacent to an activating group) is 1. The van der Waals surface area contributed by atoms with Crippen molar-refractivity contribution in [2.45, 2.75) is 49.5 Å². The van der Waals surface area contributed by atoms with E-state index in [2.05, 4.69) is 10.6 Å². The number of fused-ring (bicyclic) bond motifs is 3. The van der Waals surface area contributed by atoms with Gasteiger partial charge in [-0.2, -0.15) is 0 Å². The van der Waals surface area contributed by atoms with E-state index in [1.165, 1.54) is 0 Å². The predicted octanol–water partition coefficient (Wildman–Crippen LogP) is -0.707. The fourth-order valence-electron chi connectivity index (χ4n) is 6.88. The van der Waals surface area contributed by atoms with E-state index in [0.29, 0.717) is 11.3 Å². The molecule has 8 N–H and O–H groups in total. The minimum atomic E-state index is -2.65. The summed E-state index contributed by atoms with van der Waals surface area (Å²) < 4.78 is 0. The molecule has 11 nitrogen and oxygen atoms in total. The highest BCUT2D eigenvalue weighted by Crippen LogP contribution is 2.52. The van der Waals surface area contributed by atoms with Gasteiger partial charge in [0.1, 0.15) is 17.4 Å². The molecule has 2 unspecified atom stereocenters. The highest BCUT2D eigenvalue weighted by atomic mass is 16.3. The van der Waals surface area contributed by atoms with Crippen molar-refractivity contribution >= 4 is 28.9 Å². The minimum absolute atomic E-state index is 0.0967. The SMILES string of the molecule is CN(C)[C@H]1C(O)C(C(N)=O)C(=O)[C@]2(O)C(=O)C3=C(O)c4c(ccc(NC5CCNCC5)c4O)C[C@@H]3C[C@H]12. The lowest BCUT2D eigenvalue weighted by Gasteiger charge is -2.53. The van der Waals surface area contributed by atoms with Gasteiger partial charge < -0.3 is 41.7 Å². The molecule has 0 radical (unpaired) electrons. The molecule has 0 bridgehead atoms. The number of carbonyl (C=O) groups excluding carboxylic acids is 3. The number of Topliss-reactive ketones (excluding diaryl/α,β-unsaturated/α-hetero) is 2. The number of phenols is 1. The van der Waals surface area contributed by atoms with E-state index in [1.807, 2.05) is 0 Å². The van der Waals surface area contributed by atoms with Crippen molar-refractivity contribution in [3.63, 3.8) is 0 Å². The van der Waals surface area contributed by atoms with Gasteiger partial charge in [-0.3, -0.25) is 14.4 Å². The number of amides is 1. The van der Waals surface area contributed by atoms with Gasteiger partial charge in [-0.05, 0) is 70.4 Å². The molecule has 3 aliphatic carbocycles. The summed E-state index contributed by atoms with van der Waals surface area (Å²) in [7, 11) is 3.25. The van der Waals surface area contributed by atoms with Crippen LogP contribution in [0.4, 0.5) is 5.69 Å². The van der Waals surface area contributed by atoms with Crippen LogP contribution in [0.15, 0.2) is 17.7 Å². The molecule has 200 valence electrons. The molecule has 6 atom stereocenters. The largest absolute Gasteiger partial charge is 0.507 e. The molecule has 1 aromatic rings. The number of benzene rings is 1. The number of primary amides is 1. The Labute approximate surface area is 214 Å². The Balaban J connectivity index is 1.58. The Bertz CT molecular complexity index is 1190. The lowest BCUT2D eigenvalue weighted by Crippen LogP contribution is -2.73. The molecule has 1 aromatic carbocycles. The number of aromatic hydroxyl groups is 1. The van der Waals surface area contributed by atoms with E-state index >= 15 is 0 Å². The van der Waals surface area contributed by atoms with Crippen molar-refractivity contribution in [1.82, 2.24) is 10.2 Å². The van der Waals surface area contributed by atoms with Crippen LogP contribution < -0.4 is 16.4 Å². The fourth-order valence-corrected chi connectivity index (χ4v) is 6.88. The first-order valence-corrected chi connectivity index (χ1v) is 12.7. The maximum atomic E-state index is 13.9. The molecule has 1 aliphatic heterocycles. The first-order chi connectivity index (χ1) is 17.5. The summed E-state index contributed by atoms with van der Waals surface area (Å²) in [4.78, 5) is 40.9. The van der Waals surface area contributed by atoms with Crippen LogP contribution in [-0.2, 0) is 20.8 Å². The number of nitrogens with zero attached hydrogens (tertiary/aromatic N) is 1. The van der Waals surface area contributed by atoms with E-state index in [1.54, 1.807) is 31.1 Å². The van der Waals surface area contributed by atoms with Gasteiger partial charge in [0.05, 0.1) is 17.4 Å². The number of phenolic OH excluding ortho intramolecular Hbond substituents is 1. The average Bonchev–Trinajstić information content (AvgIpc) is 2.83. The van der Waals surface area contributed by atoms with Crippen molar-refractivity contribution < 1.29 is 34.8 Å². The number of aliphatic hydroxyl groups is 3. The molecule has 5 rings (SSSR count). The van der Waals surface area contributed by atoms with E-state index in [0.717, 1.165) is 25.9 Å². The average molecular weight is 515 g/mol. The van der Waals surface area contributed by atoms with Crippen LogP contribution in [0.25, 0.3) is 5.76 Å². The second-order valence-electron chi connectivity index (χ2n) is 11.0. The van der Waals surface area contributed by atoms with Crippen molar-refractivity contribution in [3.8, 4) is 5.75 Å². The second-order valence-corrected chi connectivity index (χ2v) is 11.0. The summed E-state index contributed by atoms with van der Waals surface area (Å²) in [5.41, 5.74) is 3.77. The molecule has 1 amide bonds. The lowest BCUT2D eigenvalue weighted by atomic mass is 9.54. The summed E-state index contributed by atoms with van der Waals surface area (Å²) in [6.45, 7) is 1.69. The maximum absolute atomic E-state index is 13.9. The first kappa shape index (κ1) is 25.7. The predicted molar refractivity (Wildman–Crippen MR) is 134 cm³/mol. The van der Waals surface area contributed by atoms with Gasteiger partial charge in [0.25, 0.3) is 0 Å². The number of piperidine rings is 1. The molecule has 0 spiro atoms. The molecule has 2 saturated carbocycles. The summed E-state index contributed by atoms with van der Waals surface area (Å²) in [6.07, 6.45) is 0.619. The van der Waals surface area contributed by atoms with Crippen molar-refractivity contribution in [2.24, 2.45) is 23.5 Å². The number of hydrogen-bond donors (Lipinski definition) is 7. The van der Waals surface area contributed by atoms with Crippen molar-refractivity contribution in [3.05, 3.63) is 28.8 Å². The number of ketones is 2. The standard InChI is InChI=1S/C26H34N4O7/c1-30(2)19-14-10-12-9-11-3-4-15(29-13-5-7-28-8-6-13)20(31)16(11)21(32)17(12)23(34)26(14,37)24(35)18(22(19)33)25(27)36/h3-4,12-14,18-19,22,28-29,31-33,37H,5-10H2,1-2H3,(H2,27,36)/t12-,14-,18?,19-,22?,26-/m1/s1. The molecule has 11 heteroatoms. The van der Waals surface area contributed by atoms with Gasteiger partial charge in [-0.15, -0.1) is 0 Å². The highest BCUT2D eigenvalue weighted by molar-refractivity contribution is 6.25. The van der Waals surface area contributed by atoms with Gasteiger partial charge in [0.15, 0.2) is 11.4 Å². The van der Waals surface area contributed by atoms with Crippen LogP contribution in [0.2, 0.25) is 0 Å². The molecule has 0 aromatic heterocycles. The first-order valence-electron chi connectivity index (χ1n) is 12.7. The third kappa shape index (κ3) is 3.75.